The maximum absolute atomic E-state index is 5.82. The van der Waals surface area contributed by atoms with Crippen molar-refractivity contribution in [2.75, 3.05) is 13.7 Å². The van der Waals surface area contributed by atoms with E-state index in [0.29, 0.717) is 13.2 Å². The Bertz CT molecular complexity index is 867. The molecule has 0 spiro atoms. The van der Waals surface area contributed by atoms with E-state index in [1.54, 1.807) is 24.6 Å². The molecular weight excluding hydrogens is 370 g/mol. The van der Waals surface area contributed by atoms with Crippen molar-refractivity contribution in [3.8, 4) is 22.2 Å². The molecule has 1 atom stereocenters. The summed E-state index contributed by atoms with van der Waals surface area (Å²) in [6, 6.07) is 12.2. The molecule has 0 fully saturated rings. The molecule has 0 saturated carbocycles. The fraction of sp³-hybridized carbons (Fsp3) is 0.364. The van der Waals surface area contributed by atoms with Crippen LogP contribution in [0.2, 0.25) is 0 Å². The van der Waals surface area contributed by atoms with Gasteiger partial charge in [0.1, 0.15) is 5.01 Å². The lowest BCUT2D eigenvalue weighted by atomic mass is 10.1. The van der Waals surface area contributed by atoms with Crippen LogP contribution in [-0.2, 0) is 6.54 Å². The largest absolute Gasteiger partial charge is 0.493 e. The molecule has 6 heteroatoms. The number of unbranched alkanes of at least 4 members (excludes halogenated alkanes) is 1. The van der Waals surface area contributed by atoms with Crippen molar-refractivity contribution < 1.29 is 9.47 Å². The van der Waals surface area contributed by atoms with Gasteiger partial charge in [0, 0.05) is 24.2 Å². The fourth-order valence-corrected chi connectivity index (χ4v) is 3.56. The Morgan fingerprint density at radius 3 is 2.82 bits per heavy atom. The first-order chi connectivity index (χ1) is 13.7. The van der Waals surface area contributed by atoms with Crippen molar-refractivity contribution >= 4 is 11.3 Å². The highest BCUT2D eigenvalue weighted by Crippen LogP contribution is 2.30. The molecule has 2 aromatic heterocycles. The summed E-state index contributed by atoms with van der Waals surface area (Å²) in [5.41, 5.74) is 3.08. The van der Waals surface area contributed by atoms with Crippen molar-refractivity contribution in [1.29, 1.82) is 0 Å². The number of pyridine rings is 1. The Labute approximate surface area is 170 Å². The number of rotatable bonds is 10. The molecule has 0 saturated heterocycles. The Morgan fingerprint density at radius 1 is 1.18 bits per heavy atom. The van der Waals surface area contributed by atoms with Gasteiger partial charge in [-0.3, -0.25) is 4.98 Å². The predicted molar refractivity (Wildman–Crippen MR) is 114 cm³/mol. The Balaban J connectivity index is 1.60. The number of thiazole rings is 1. The molecule has 0 amide bonds. The van der Waals surface area contributed by atoms with E-state index in [1.807, 2.05) is 30.3 Å². The molecule has 2 heterocycles. The topological polar surface area (TPSA) is 56.3 Å². The summed E-state index contributed by atoms with van der Waals surface area (Å²) in [4.78, 5) is 9.05. The molecule has 1 unspecified atom stereocenters. The van der Waals surface area contributed by atoms with E-state index < -0.39 is 0 Å². The second-order valence-corrected chi connectivity index (χ2v) is 7.43. The molecule has 148 valence electrons. The molecule has 5 nitrogen and oxygen atoms in total. The van der Waals surface area contributed by atoms with E-state index >= 15 is 0 Å². The van der Waals surface area contributed by atoms with E-state index in [9.17, 15) is 0 Å². The summed E-state index contributed by atoms with van der Waals surface area (Å²) in [7, 11) is 1.68. The van der Waals surface area contributed by atoms with E-state index in [2.05, 4.69) is 40.6 Å². The zero-order valence-electron chi connectivity index (χ0n) is 16.6. The summed E-state index contributed by atoms with van der Waals surface area (Å²) in [6.45, 7) is 5.70. The van der Waals surface area contributed by atoms with Crippen LogP contribution in [-0.4, -0.2) is 23.7 Å². The molecule has 1 N–H and O–H groups in total. The second kappa shape index (κ2) is 10.2. The molecule has 0 radical (unpaired) electrons. The van der Waals surface area contributed by atoms with Crippen molar-refractivity contribution in [3.63, 3.8) is 0 Å². The first-order valence-corrected chi connectivity index (χ1v) is 10.5. The van der Waals surface area contributed by atoms with Gasteiger partial charge in [0.25, 0.3) is 0 Å². The average Bonchev–Trinajstić information content (AvgIpc) is 3.22. The van der Waals surface area contributed by atoms with Crippen LogP contribution in [0.1, 0.15) is 44.0 Å². The predicted octanol–water partition coefficient (Wildman–Crippen LogP) is 5.24. The van der Waals surface area contributed by atoms with Crippen LogP contribution in [0.4, 0.5) is 0 Å². The van der Waals surface area contributed by atoms with Crippen LogP contribution >= 0.6 is 11.3 Å². The first kappa shape index (κ1) is 20.3. The van der Waals surface area contributed by atoms with Gasteiger partial charge in [-0.15, -0.1) is 11.3 Å². The molecule has 3 rings (SSSR count). The molecule has 3 aromatic rings. The highest BCUT2D eigenvalue weighted by Gasteiger charge is 2.12. The van der Waals surface area contributed by atoms with Gasteiger partial charge < -0.3 is 14.8 Å². The van der Waals surface area contributed by atoms with E-state index in [1.165, 1.54) is 0 Å². The zero-order chi connectivity index (χ0) is 19.8. The van der Waals surface area contributed by atoms with Crippen LogP contribution in [0, 0.1) is 0 Å². The highest BCUT2D eigenvalue weighted by atomic mass is 32.1. The van der Waals surface area contributed by atoms with Gasteiger partial charge in [-0.25, -0.2) is 4.98 Å². The molecule has 0 aliphatic rings. The van der Waals surface area contributed by atoms with Gasteiger partial charge in [-0.2, -0.15) is 0 Å². The summed E-state index contributed by atoms with van der Waals surface area (Å²) in [5.74, 6) is 1.57. The average molecular weight is 398 g/mol. The Kier molecular flexibility index (Phi) is 7.39. The summed E-state index contributed by atoms with van der Waals surface area (Å²) >= 11 is 1.62. The molecular formula is C22H27N3O2S. The van der Waals surface area contributed by atoms with Crippen LogP contribution in [0.5, 0.6) is 11.5 Å². The van der Waals surface area contributed by atoms with Crippen LogP contribution < -0.4 is 14.8 Å². The number of hydrogen-bond donors (Lipinski definition) is 1. The number of nitrogens with one attached hydrogen (secondary N) is 1. The molecule has 1 aromatic carbocycles. The minimum Gasteiger partial charge on any atom is -0.493 e. The highest BCUT2D eigenvalue weighted by molar-refractivity contribution is 7.13. The quantitative estimate of drug-likeness (QED) is 0.474. The van der Waals surface area contributed by atoms with Crippen molar-refractivity contribution in [2.24, 2.45) is 0 Å². The molecule has 0 bridgehead atoms. The maximum Gasteiger partial charge on any atom is 0.161 e. The van der Waals surface area contributed by atoms with Crippen LogP contribution in [0.25, 0.3) is 10.7 Å². The van der Waals surface area contributed by atoms with Gasteiger partial charge in [0.2, 0.25) is 0 Å². The number of nitrogens with zero attached hydrogens (tertiary/aromatic N) is 2. The molecule has 0 aliphatic heterocycles. The molecule has 28 heavy (non-hydrogen) atoms. The van der Waals surface area contributed by atoms with E-state index in [4.69, 9.17) is 9.47 Å². The maximum atomic E-state index is 5.82. The summed E-state index contributed by atoms with van der Waals surface area (Å²) in [5, 5.41) is 6.55. The van der Waals surface area contributed by atoms with Gasteiger partial charge in [0.05, 0.1) is 25.1 Å². The molecule has 0 aliphatic carbocycles. The zero-order valence-corrected chi connectivity index (χ0v) is 17.5. The lowest BCUT2D eigenvalue weighted by Gasteiger charge is -2.17. The van der Waals surface area contributed by atoms with Crippen molar-refractivity contribution in [1.82, 2.24) is 15.3 Å². The third-order valence-electron chi connectivity index (χ3n) is 4.47. The van der Waals surface area contributed by atoms with Crippen LogP contribution in [0.3, 0.4) is 0 Å². The van der Waals surface area contributed by atoms with Gasteiger partial charge in [0.15, 0.2) is 11.5 Å². The Morgan fingerprint density at radius 2 is 2.07 bits per heavy atom. The Hall–Kier alpha value is -2.44. The lowest BCUT2D eigenvalue weighted by Crippen LogP contribution is -2.18. The monoisotopic (exact) mass is 397 g/mol. The number of methoxy groups -OCH3 is 1. The lowest BCUT2D eigenvalue weighted by molar-refractivity contribution is 0.288. The van der Waals surface area contributed by atoms with Crippen molar-refractivity contribution in [2.45, 2.75) is 39.3 Å². The van der Waals surface area contributed by atoms with E-state index in [0.717, 1.165) is 46.3 Å². The standard InChI is InChI=1S/C22H27N3O2S/c1-4-5-12-27-20-10-9-17(13-21(20)26-3)16(2)24-14-18-15-28-22(25-18)19-8-6-7-11-23-19/h6-11,13,15-16,24H,4-5,12,14H2,1-3H3. The third-order valence-corrected chi connectivity index (χ3v) is 5.38. The number of ether oxygens (including phenoxy) is 2. The smallest absolute Gasteiger partial charge is 0.161 e. The van der Waals surface area contributed by atoms with Gasteiger partial charge in [-0.05, 0) is 43.2 Å². The number of hydrogen-bond acceptors (Lipinski definition) is 6. The summed E-state index contributed by atoms with van der Waals surface area (Å²) in [6.07, 6.45) is 3.94. The normalized spacial score (nSPS) is 12.0. The van der Waals surface area contributed by atoms with Gasteiger partial charge in [-0.1, -0.05) is 25.5 Å². The van der Waals surface area contributed by atoms with Gasteiger partial charge >= 0.3 is 0 Å². The fourth-order valence-electron chi connectivity index (χ4n) is 2.77. The van der Waals surface area contributed by atoms with Crippen molar-refractivity contribution in [3.05, 3.63) is 59.2 Å². The minimum absolute atomic E-state index is 0.165. The number of aromatic nitrogens is 2. The SMILES string of the molecule is CCCCOc1ccc(C(C)NCc2csc(-c3ccccn3)n2)cc1OC. The summed E-state index contributed by atoms with van der Waals surface area (Å²) < 4.78 is 11.3. The number of benzene rings is 1. The third kappa shape index (κ3) is 5.30. The second-order valence-electron chi connectivity index (χ2n) is 6.57. The first-order valence-electron chi connectivity index (χ1n) is 9.61. The van der Waals surface area contributed by atoms with E-state index in [-0.39, 0.29) is 6.04 Å². The van der Waals surface area contributed by atoms with Crippen LogP contribution in [0.15, 0.2) is 48.0 Å². The minimum atomic E-state index is 0.165.